The largest absolute Gasteiger partial charge is 0.373 e. The Kier molecular flexibility index (Phi) is 4.79. The van der Waals surface area contributed by atoms with Crippen LogP contribution in [0.5, 0.6) is 0 Å². The predicted octanol–water partition coefficient (Wildman–Crippen LogP) is 4.93. The minimum Gasteiger partial charge on any atom is -0.373 e. The van der Waals surface area contributed by atoms with Crippen LogP contribution in [0.15, 0.2) is 22.7 Å². The van der Waals surface area contributed by atoms with E-state index in [1.807, 2.05) is 0 Å². The third-order valence-electron chi connectivity index (χ3n) is 3.62. The van der Waals surface area contributed by atoms with E-state index in [1.54, 1.807) is 6.07 Å². The second-order valence-corrected chi connectivity index (χ2v) is 6.44. The molecule has 0 heterocycles. The van der Waals surface area contributed by atoms with Crippen molar-refractivity contribution in [1.82, 2.24) is 0 Å². The molecule has 1 aromatic carbocycles. The van der Waals surface area contributed by atoms with Crippen LogP contribution in [0, 0.1) is 17.7 Å². The molecule has 0 aromatic heterocycles. The zero-order chi connectivity index (χ0) is 13.1. The Hall–Kier alpha value is -0.410. The van der Waals surface area contributed by atoms with Gasteiger partial charge >= 0.3 is 0 Å². The second-order valence-electron chi connectivity index (χ2n) is 5.59. The van der Waals surface area contributed by atoms with Gasteiger partial charge in [0.05, 0.1) is 12.7 Å². The van der Waals surface area contributed by atoms with Crippen LogP contribution >= 0.6 is 15.9 Å². The molecule has 2 atom stereocenters. The van der Waals surface area contributed by atoms with E-state index in [2.05, 4.69) is 29.8 Å². The molecule has 1 aromatic rings. The summed E-state index contributed by atoms with van der Waals surface area (Å²) in [7, 11) is 0. The maximum atomic E-state index is 13.0. The average Bonchev–Trinajstić information content (AvgIpc) is 2.26. The summed E-state index contributed by atoms with van der Waals surface area (Å²) in [6.07, 6.45) is 3.94. The first-order valence-corrected chi connectivity index (χ1v) is 7.39. The minimum absolute atomic E-state index is 0.217. The zero-order valence-electron chi connectivity index (χ0n) is 11.0. The van der Waals surface area contributed by atoms with Gasteiger partial charge < -0.3 is 4.74 Å². The summed E-state index contributed by atoms with van der Waals surface area (Å²) in [6.45, 7) is 5.14. The van der Waals surface area contributed by atoms with Crippen LogP contribution in [0.4, 0.5) is 4.39 Å². The van der Waals surface area contributed by atoms with Crippen LogP contribution in [0.2, 0.25) is 0 Å². The van der Waals surface area contributed by atoms with Gasteiger partial charge in [-0.2, -0.15) is 0 Å². The standard InChI is InChI=1S/C15H20BrFO/c1-10-5-11(2)7-14(6-10)18-9-12-3-4-13(17)8-15(12)16/h3-4,8,10-11,14H,5-7,9H2,1-2H3. The van der Waals surface area contributed by atoms with Crippen LogP contribution in [0.25, 0.3) is 0 Å². The van der Waals surface area contributed by atoms with Gasteiger partial charge in [-0.05, 0) is 48.8 Å². The first kappa shape index (κ1) is 14.0. The highest BCUT2D eigenvalue weighted by Gasteiger charge is 2.24. The van der Waals surface area contributed by atoms with Crippen molar-refractivity contribution in [2.24, 2.45) is 11.8 Å². The molecule has 0 aliphatic heterocycles. The van der Waals surface area contributed by atoms with Crippen molar-refractivity contribution in [3.05, 3.63) is 34.1 Å². The second kappa shape index (κ2) is 6.16. The monoisotopic (exact) mass is 314 g/mol. The van der Waals surface area contributed by atoms with Gasteiger partial charge in [0.15, 0.2) is 0 Å². The van der Waals surface area contributed by atoms with E-state index in [4.69, 9.17) is 4.74 Å². The highest BCUT2D eigenvalue weighted by Crippen LogP contribution is 2.31. The van der Waals surface area contributed by atoms with Crippen molar-refractivity contribution >= 4 is 15.9 Å². The fourth-order valence-electron chi connectivity index (χ4n) is 2.86. The fourth-order valence-corrected chi connectivity index (χ4v) is 3.32. The van der Waals surface area contributed by atoms with E-state index in [0.29, 0.717) is 12.7 Å². The molecular formula is C15H20BrFO. The molecular weight excluding hydrogens is 295 g/mol. The molecule has 2 unspecified atom stereocenters. The molecule has 100 valence electrons. The molecule has 1 saturated carbocycles. The van der Waals surface area contributed by atoms with Crippen LogP contribution in [-0.2, 0) is 11.3 Å². The topological polar surface area (TPSA) is 9.23 Å². The molecule has 1 aliphatic rings. The van der Waals surface area contributed by atoms with E-state index in [0.717, 1.165) is 34.7 Å². The summed E-state index contributed by atoms with van der Waals surface area (Å²) >= 11 is 3.38. The van der Waals surface area contributed by atoms with E-state index in [-0.39, 0.29) is 5.82 Å². The van der Waals surface area contributed by atoms with Crippen LogP contribution in [0.1, 0.15) is 38.7 Å². The zero-order valence-corrected chi connectivity index (χ0v) is 12.5. The van der Waals surface area contributed by atoms with Crippen molar-refractivity contribution in [3.63, 3.8) is 0 Å². The van der Waals surface area contributed by atoms with Gasteiger partial charge in [0.1, 0.15) is 5.82 Å². The molecule has 1 nitrogen and oxygen atoms in total. The Morgan fingerprint density at radius 2 is 1.89 bits per heavy atom. The molecule has 1 aliphatic carbocycles. The summed E-state index contributed by atoms with van der Waals surface area (Å²) in [4.78, 5) is 0. The van der Waals surface area contributed by atoms with Crippen molar-refractivity contribution in [3.8, 4) is 0 Å². The molecule has 0 radical (unpaired) electrons. The SMILES string of the molecule is CC1CC(C)CC(OCc2ccc(F)cc2Br)C1. The summed E-state index contributed by atoms with van der Waals surface area (Å²) in [5.74, 6) is 1.27. The number of ether oxygens (including phenoxy) is 1. The van der Waals surface area contributed by atoms with Crippen LogP contribution < -0.4 is 0 Å². The number of rotatable bonds is 3. The molecule has 0 spiro atoms. The summed E-state index contributed by atoms with van der Waals surface area (Å²) < 4.78 is 19.7. The lowest BCUT2D eigenvalue weighted by Gasteiger charge is -2.31. The number of halogens is 2. The lowest BCUT2D eigenvalue weighted by molar-refractivity contribution is -0.00938. The molecule has 0 amide bonds. The third-order valence-corrected chi connectivity index (χ3v) is 4.36. The van der Waals surface area contributed by atoms with Crippen molar-refractivity contribution in [2.75, 3.05) is 0 Å². The third kappa shape index (κ3) is 3.79. The number of hydrogen-bond acceptors (Lipinski definition) is 1. The lowest BCUT2D eigenvalue weighted by Crippen LogP contribution is -2.26. The Morgan fingerprint density at radius 3 is 2.50 bits per heavy atom. The fraction of sp³-hybridized carbons (Fsp3) is 0.600. The maximum Gasteiger partial charge on any atom is 0.124 e. The number of benzene rings is 1. The predicted molar refractivity (Wildman–Crippen MR) is 74.9 cm³/mol. The number of hydrogen-bond donors (Lipinski definition) is 0. The molecule has 0 N–H and O–H groups in total. The highest BCUT2D eigenvalue weighted by atomic mass is 79.9. The van der Waals surface area contributed by atoms with E-state index < -0.39 is 0 Å². The van der Waals surface area contributed by atoms with Crippen molar-refractivity contribution in [2.45, 2.75) is 45.8 Å². The normalized spacial score (nSPS) is 28.3. The first-order valence-electron chi connectivity index (χ1n) is 6.60. The Morgan fingerprint density at radius 1 is 1.22 bits per heavy atom. The first-order chi connectivity index (χ1) is 8.54. The lowest BCUT2D eigenvalue weighted by atomic mass is 9.82. The van der Waals surface area contributed by atoms with Crippen molar-refractivity contribution < 1.29 is 9.13 Å². The Labute approximate surface area is 117 Å². The highest BCUT2D eigenvalue weighted by molar-refractivity contribution is 9.10. The summed E-state index contributed by atoms with van der Waals surface area (Å²) in [6, 6.07) is 4.76. The van der Waals surface area contributed by atoms with E-state index >= 15 is 0 Å². The van der Waals surface area contributed by atoms with Gasteiger partial charge in [-0.15, -0.1) is 0 Å². The van der Waals surface area contributed by atoms with E-state index in [9.17, 15) is 4.39 Å². The smallest absolute Gasteiger partial charge is 0.124 e. The molecule has 1 fully saturated rings. The molecule has 2 rings (SSSR count). The molecule has 0 saturated heterocycles. The average molecular weight is 315 g/mol. The van der Waals surface area contributed by atoms with Crippen molar-refractivity contribution in [1.29, 1.82) is 0 Å². The van der Waals surface area contributed by atoms with Crippen LogP contribution in [0.3, 0.4) is 0 Å². The molecule has 18 heavy (non-hydrogen) atoms. The van der Waals surface area contributed by atoms with Gasteiger partial charge in [0.25, 0.3) is 0 Å². The molecule has 0 bridgehead atoms. The van der Waals surface area contributed by atoms with Crippen LogP contribution in [-0.4, -0.2) is 6.10 Å². The van der Waals surface area contributed by atoms with Gasteiger partial charge in [-0.25, -0.2) is 4.39 Å². The Bertz CT molecular complexity index is 397. The maximum absolute atomic E-state index is 13.0. The summed E-state index contributed by atoms with van der Waals surface area (Å²) in [5.41, 5.74) is 1.02. The van der Waals surface area contributed by atoms with E-state index in [1.165, 1.54) is 18.6 Å². The Balaban J connectivity index is 1.91. The minimum atomic E-state index is -0.217. The quantitative estimate of drug-likeness (QED) is 0.768. The molecule has 3 heteroatoms. The summed E-state index contributed by atoms with van der Waals surface area (Å²) in [5, 5.41) is 0. The van der Waals surface area contributed by atoms with Gasteiger partial charge in [0.2, 0.25) is 0 Å². The van der Waals surface area contributed by atoms with Gasteiger partial charge in [0, 0.05) is 4.47 Å². The van der Waals surface area contributed by atoms with Gasteiger partial charge in [-0.1, -0.05) is 35.8 Å². The van der Waals surface area contributed by atoms with Gasteiger partial charge in [-0.3, -0.25) is 0 Å².